The second kappa shape index (κ2) is 6.44. The number of ether oxygens (including phenoxy) is 1. The molecule has 2 N–H and O–H groups in total. The van der Waals surface area contributed by atoms with Crippen LogP contribution in [0.3, 0.4) is 0 Å². The third-order valence-electron chi connectivity index (χ3n) is 2.70. The number of aliphatic imine (C=N–C) groups is 1. The number of nitrogens with zero attached hydrogens (tertiary/aromatic N) is 2. The van der Waals surface area contributed by atoms with Gasteiger partial charge in [0.1, 0.15) is 0 Å². The van der Waals surface area contributed by atoms with Gasteiger partial charge in [-0.3, -0.25) is 14.9 Å². The highest BCUT2D eigenvalue weighted by atomic mass is 35.5. The van der Waals surface area contributed by atoms with Crippen LogP contribution in [0.1, 0.15) is 6.92 Å². The van der Waals surface area contributed by atoms with E-state index in [-0.39, 0.29) is 5.96 Å². The maximum absolute atomic E-state index is 11.9. The topological polar surface area (TPSA) is 100 Å². The van der Waals surface area contributed by atoms with Gasteiger partial charge in [0, 0.05) is 24.7 Å². The minimum absolute atomic E-state index is 0.0178. The number of carbonyl (C=O) groups is 3. The first-order valence-electron chi connectivity index (χ1n) is 6.23. The third-order valence-corrected chi connectivity index (χ3v) is 2.93. The molecule has 0 bridgehead atoms. The lowest BCUT2D eigenvalue weighted by atomic mass is 10.3. The van der Waals surface area contributed by atoms with Crippen LogP contribution >= 0.6 is 11.6 Å². The number of guanidine groups is 1. The average Bonchev–Trinajstić information content (AvgIpc) is 2.66. The molecular formula is C13H13ClN4O4. The Morgan fingerprint density at radius 3 is 2.73 bits per heavy atom. The summed E-state index contributed by atoms with van der Waals surface area (Å²) >= 11 is 5.81. The first kappa shape index (κ1) is 15.8. The van der Waals surface area contributed by atoms with Crippen molar-refractivity contribution < 1.29 is 19.1 Å². The van der Waals surface area contributed by atoms with E-state index in [4.69, 9.17) is 16.3 Å². The number of nitrogens with one attached hydrogen (secondary N) is 2. The van der Waals surface area contributed by atoms with Gasteiger partial charge in [-0.05, 0) is 18.2 Å². The quantitative estimate of drug-likeness (QED) is 0.796. The molecular weight excluding hydrogens is 312 g/mol. The highest BCUT2D eigenvalue weighted by Gasteiger charge is 2.35. The van der Waals surface area contributed by atoms with Gasteiger partial charge >= 0.3 is 17.9 Å². The van der Waals surface area contributed by atoms with E-state index in [1.807, 2.05) is 0 Å². The first-order chi connectivity index (χ1) is 10.4. The molecule has 0 fully saturated rings. The molecule has 0 saturated heterocycles. The predicted octanol–water partition coefficient (Wildman–Crippen LogP) is 1.18. The number of anilines is 1. The first-order valence-corrected chi connectivity index (χ1v) is 6.61. The summed E-state index contributed by atoms with van der Waals surface area (Å²) in [5.74, 6) is -1.31. The molecule has 0 radical (unpaired) electrons. The summed E-state index contributed by atoms with van der Waals surface area (Å²) in [4.78, 5) is 39.3. The number of rotatable bonds is 2. The van der Waals surface area contributed by atoms with Crippen LogP contribution in [0.5, 0.6) is 0 Å². The van der Waals surface area contributed by atoms with E-state index in [0.29, 0.717) is 10.7 Å². The number of benzene rings is 1. The van der Waals surface area contributed by atoms with Gasteiger partial charge in [-0.15, -0.1) is 0 Å². The number of likely N-dealkylation sites (N-methyl/N-ethyl adjacent to an activating group) is 1. The van der Waals surface area contributed by atoms with Crippen molar-refractivity contribution in [2.45, 2.75) is 13.2 Å². The van der Waals surface area contributed by atoms with Crippen LogP contribution in [-0.2, 0) is 14.3 Å². The maximum Gasteiger partial charge on any atom is 0.326 e. The zero-order chi connectivity index (χ0) is 16.3. The Morgan fingerprint density at radius 2 is 2.09 bits per heavy atom. The standard InChI is InChI=1S/C13H13ClN4O4/c1-7(19)22-11-10(20)16-12(18(11)2)17-13(21)15-9-5-3-4-8(14)6-9/h3-6,11H,1-2H3,(H2,15,16,17,20,21). The molecule has 1 aromatic rings. The highest BCUT2D eigenvalue weighted by molar-refractivity contribution is 6.30. The monoisotopic (exact) mass is 324 g/mol. The molecule has 1 heterocycles. The summed E-state index contributed by atoms with van der Waals surface area (Å²) in [5, 5.41) is 5.41. The lowest BCUT2D eigenvalue weighted by molar-refractivity contribution is -0.157. The molecule has 22 heavy (non-hydrogen) atoms. The Bertz CT molecular complexity index is 661. The van der Waals surface area contributed by atoms with E-state index in [9.17, 15) is 14.4 Å². The molecule has 0 aromatic heterocycles. The SMILES string of the molecule is CC(=O)OC1C(=O)N=C(NC(=O)Nc2cccc(Cl)c2)N1C. The van der Waals surface area contributed by atoms with E-state index in [0.717, 1.165) is 0 Å². The van der Waals surface area contributed by atoms with Crippen LogP contribution in [0.15, 0.2) is 29.3 Å². The maximum atomic E-state index is 11.9. The van der Waals surface area contributed by atoms with Gasteiger partial charge < -0.3 is 15.0 Å². The summed E-state index contributed by atoms with van der Waals surface area (Å²) < 4.78 is 4.82. The zero-order valence-electron chi connectivity index (χ0n) is 11.8. The van der Waals surface area contributed by atoms with Gasteiger partial charge in [0.15, 0.2) is 0 Å². The van der Waals surface area contributed by atoms with Crippen molar-refractivity contribution in [2.24, 2.45) is 4.99 Å². The highest BCUT2D eigenvalue weighted by Crippen LogP contribution is 2.15. The number of hydrogen-bond acceptors (Lipinski definition) is 5. The molecule has 8 nitrogen and oxygen atoms in total. The molecule has 0 aliphatic carbocycles. The van der Waals surface area contributed by atoms with Crippen molar-refractivity contribution in [1.82, 2.24) is 10.2 Å². The fourth-order valence-corrected chi connectivity index (χ4v) is 1.94. The summed E-state index contributed by atoms with van der Waals surface area (Å²) in [7, 11) is 1.47. The van der Waals surface area contributed by atoms with Crippen LogP contribution in [0.25, 0.3) is 0 Å². The molecule has 116 valence electrons. The molecule has 9 heteroatoms. The Labute approximate surface area is 131 Å². The number of carbonyl (C=O) groups excluding carboxylic acids is 3. The van der Waals surface area contributed by atoms with Crippen LogP contribution < -0.4 is 10.6 Å². The third kappa shape index (κ3) is 3.73. The summed E-state index contributed by atoms with van der Waals surface area (Å²) in [6.07, 6.45) is -1.17. The van der Waals surface area contributed by atoms with Gasteiger partial charge in [-0.25, -0.2) is 4.79 Å². The Morgan fingerprint density at radius 1 is 1.36 bits per heavy atom. The van der Waals surface area contributed by atoms with Crippen LogP contribution in [0.2, 0.25) is 5.02 Å². The van der Waals surface area contributed by atoms with Crippen molar-refractivity contribution in [3.63, 3.8) is 0 Å². The van der Waals surface area contributed by atoms with E-state index in [1.165, 1.54) is 18.9 Å². The number of halogens is 1. The van der Waals surface area contributed by atoms with Gasteiger partial charge in [-0.1, -0.05) is 17.7 Å². The molecule has 1 atom stereocenters. The Kier molecular flexibility index (Phi) is 4.62. The summed E-state index contributed by atoms with van der Waals surface area (Å²) in [6.45, 7) is 1.18. The average molecular weight is 325 g/mol. The Balaban J connectivity index is 1.99. The van der Waals surface area contributed by atoms with Crippen molar-refractivity contribution in [1.29, 1.82) is 0 Å². The second-order valence-corrected chi connectivity index (χ2v) is 4.87. The van der Waals surface area contributed by atoms with Gasteiger partial charge in [0.25, 0.3) is 6.23 Å². The largest absolute Gasteiger partial charge is 0.432 e. The molecule has 2 rings (SSSR count). The molecule has 1 aliphatic rings. The predicted molar refractivity (Wildman–Crippen MR) is 79.4 cm³/mol. The normalized spacial score (nSPS) is 17.0. The number of amides is 3. The van der Waals surface area contributed by atoms with E-state index in [1.54, 1.807) is 24.3 Å². The molecule has 3 amide bonds. The molecule has 1 aromatic carbocycles. The molecule has 0 spiro atoms. The van der Waals surface area contributed by atoms with Gasteiger partial charge in [-0.2, -0.15) is 4.99 Å². The second-order valence-electron chi connectivity index (χ2n) is 4.44. The number of urea groups is 1. The lowest BCUT2D eigenvalue weighted by Gasteiger charge is -2.21. The fraction of sp³-hybridized carbons (Fsp3) is 0.231. The lowest BCUT2D eigenvalue weighted by Crippen LogP contribution is -2.46. The molecule has 1 unspecified atom stereocenters. The van der Waals surface area contributed by atoms with E-state index in [2.05, 4.69) is 15.6 Å². The van der Waals surface area contributed by atoms with E-state index < -0.39 is 24.1 Å². The van der Waals surface area contributed by atoms with Crippen LogP contribution in [-0.4, -0.2) is 42.0 Å². The fourth-order valence-electron chi connectivity index (χ4n) is 1.75. The zero-order valence-corrected chi connectivity index (χ0v) is 12.5. The van der Waals surface area contributed by atoms with E-state index >= 15 is 0 Å². The van der Waals surface area contributed by atoms with Gasteiger partial charge in [0.05, 0.1) is 0 Å². The van der Waals surface area contributed by atoms with Crippen molar-refractivity contribution in [3.05, 3.63) is 29.3 Å². The summed E-state index contributed by atoms with van der Waals surface area (Å²) in [5.41, 5.74) is 0.481. The minimum Gasteiger partial charge on any atom is -0.432 e. The smallest absolute Gasteiger partial charge is 0.326 e. The number of hydrogen-bond donors (Lipinski definition) is 2. The van der Waals surface area contributed by atoms with Crippen LogP contribution in [0.4, 0.5) is 10.5 Å². The van der Waals surface area contributed by atoms with Crippen molar-refractivity contribution >= 4 is 41.2 Å². The molecule has 0 saturated carbocycles. The summed E-state index contributed by atoms with van der Waals surface area (Å²) in [6, 6.07) is 5.95. The van der Waals surface area contributed by atoms with Gasteiger partial charge in [0.2, 0.25) is 5.96 Å². The van der Waals surface area contributed by atoms with Crippen molar-refractivity contribution in [2.75, 3.05) is 12.4 Å². The Hall–Kier alpha value is -2.61. The number of esters is 1. The van der Waals surface area contributed by atoms with Crippen LogP contribution in [0, 0.1) is 0 Å². The molecule has 1 aliphatic heterocycles. The minimum atomic E-state index is -1.17. The van der Waals surface area contributed by atoms with Crippen molar-refractivity contribution in [3.8, 4) is 0 Å².